The van der Waals surface area contributed by atoms with Crippen LogP contribution in [0, 0.1) is 17.3 Å². The smallest absolute Gasteiger partial charge is 0.307 e. The zero-order chi connectivity index (χ0) is 11.9. The van der Waals surface area contributed by atoms with Crippen molar-refractivity contribution in [1.82, 2.24) is 4.68 Å². The summed E-state index contributed by atoms with van der Waals surface area (Å²) in [7, 11) is 0. The van der Waals surface area contributed by atoms with Crippen LogP contribution in [-0.2, 0) is 9.59 Å². The number of carboxylic acid groups (broad SMARTS) is 1. The minimum Gasteiger partial charge on any atom is -0.481 e. The first-order valence-electron chi connectivity index (χ1n) is 5.11. The molecular weight excluding hydrogens is 208 g/mol. The summed E-state index contributed by atoms with van der Waals surface area (Å²) < 4.78 is 1.52. The summed E-state index contributed by atoms with van der Waals surface area (Å²) in [4.78, 5) is 22.7. The van der Waals surface area contributed by atoms with Crippen LogP contribution in [0.2, 0.25) is 0 Å². The maximum atomic E-state index is 11.8. The van der Waals surface area contributed by atoms with E-state index >= 15 is 0 Å². The van der Waals surface area contributed by atoms with Crippen LogP contribution >= 0.6 is 0 Å². The van der Waals surface area contributed by atoms with E-state index in [0.29, 0.717) is 0 Å². The molecule has 1 saturated carbocycles. The van der Waals surface area contributed by atoms with E-state index in [4.69, 9.17) is 5.11 Å². The van der Waals surface area contributed by atoms with E-state index in [-0.39, 0.29) is 5.91 Å². The Hall–Kier alpha value is -1.78. The Labute approximate surface area is 93.0 Å². The van der Waals surface area contributed by atoms with Gasteiger partial charge in [0.15, 0.2) is 0 Å². The van der Waals surface area contributed by atoms with Gasteiger partial charge in [-0.2, -0.15) is 0 Å². The number of carbonyl (C=O) groups excluding carboxylic acids is 1. The molecule has 0 bridgehead atoms. The lowest BCUT2D eigenvalue weighted by Gasteiger charge is -2.06. The molecule has 1 aliphatic rings. The molecule has 2 atom stereocenters. The van der Waals surface area contributed by atoms with Crippen molar-refractivity contribution < 1.29 is 14.7 Å². The summed E-state index contributed by atoms with van der Waals surface area (Å²) >= 11 is 0. The molecular formula is C11H14N2O3. The van der Waals surface area contributed by atoms with Crippen LogP contribution in [-0.4, -0.2) is 21.7 Å². The number of carbonyl (C=O) groups is 2. The highest BCUT2D eigenvalue weighted by atomic mass is 16.4. The second kappa shape index (κ2) is 3.37. The monoisotopic (exact) mass is 222 g/mol. The van der Waals surface area contributed by atoms with Crippen molar-refractivity contribution in [3.63, 3.8) is 0 Å². The van der Waals surface area contributed by atoms with Gasteiger partial charge in [0.25, 0.3) is 0 Å². The highest BCUT2D eigenvalue weighted by Crippen LogP contribution is 2.58. The van der Waals surface area contributed by atoms with Crippen molar-refractivity contribution in [2.75, 3.05) is 5.43 Å². The van der Waals surface area contributed by atoms with Crippen molar-refractivity contribution in [3.8, 4) is 0 Å². The zero-order valence-corrected chi connectivity index (χ0v) is 9.18. The molecule has 0 spiro atoms. The molecule has 5 heteroatoms. The predicted molar refractivity (Wildman–Crippen MR) is 57.2 cm³/mol. The summed E-state index contributed by atoms with van der Waals surface area (Å²) in [5, 5.41) is 8.95. The Morgan fingerprint density at radius 2 is 1.81 bits per heavy atom. The Bertz CT molecular complexity index is 422. The lowest BCUT2D eigenvalue weighted by atomic mass is 10.1. The van der Waals surface area contributed by atoms with Gasteiger partial charge in [-0.25, -0.2) is 0 Å². The van der Waals surface area contributed by atoms with Gasteiger partial charge < -0.3 is 5.11 Å². The quantitative estimate of drug-likeness (QED) is 0.798. The Kier molecular flexibility index (Phi) is 2.26. The minimum atomic E-state index is -0.905. The van der Waals surface area contributed by atoms with Crippen molar-refractivity contribution in [2.24, 2.45) is 17.3 Å². The van der Waals surface area contributed by atoms with Crippen LogP contribution in [0.3, 0.4) is 0 Å². The van der Waals surface area contributed by atoms with E-state index < -0.39 is 23.2 Å². The third-order valence-corrected chi connectivity index (χ3v) is 3.22. The van der Waals surface area contributed by atoms with Gasteiger partial charge in [0, 0.05) is 12.4 Å². The number of hydrogen-bond donors (Lipinski definition) is 2. The van der Waals surface area contributed by atoms with E-state index in [1.165, 1.54) is 4.68 Å². The molecule has 1 aromatic rings. The molecule has 0 aromatic carbocycles. The standard InChI is InChI=1S/C11H14N2O3/c1-11(2)7(8(11)10(15)16)9(14)12-13-5-3-4-6-13/h3-8H,1-2H3,(H,12,14)(H,15,16)/t7-,8+/m1/s1. The van der Waals surface area contributed by atoms with Gasteiger partial charge >= 0.3 is 5.97 Å². The molecule has 0 aliphatic heterocycles. The maximum absolute atomic E-state index is 11.8. The molecule has 0 saturated heterocycles. The fraction of sp³-hybridized carbons (Fsp3) is 0.455. The van der Waals surface area contributed by atoms with Crippen LogP contribution in [0.15, 0.2) is 24.5 Å². The number of amides is 1. The first-order chi connectivity index (χ1) is 7.44. The molecule has 5 nitrogen and oxygen atoms in total. The summed E-state index contributed by atoms with van der Waals surface area (Å²) in [6, 6.07) is 3.57. The minimum absolute atomic E-state index is 0.242. The van der Waals surface area contributed by atoms with E-state index in [1.54, 1.807) is 38.4 Å². The van der Waals surface area contributed by atoms with E-state index in [1.807, 2.05) is 0 Å². The highest BCUT2D eigenvalue weighted by molar-refractivity contribution is 5.95. The summed E-state index contributed by atoms with van der Waals surface area (Å²) in [6.45, 7) is 3.59. The van der Waals surface area contributed by atoms with Gasteiger partial charge in [0.2, 0.25) is 5.91 Å². The topological polar surface area (TPSA) is 71.3 Å². The number of rotatable bonds is 3. The van der Waals surface area contributed by atoms with E-state index in [2.05, 4.69) is 5.43 Å². The first-order valence-corrected chi connectivity index (χ1v) is 5.11. The van der Waals surface area contributed by atoms with Crippen LogP contribution in [0.1, 0.15) is 13.8 Å². The summed E-state index contributed by atoms with van der Waals surface area (Å²) in [5.41, 5.74) is 2.18. The van der Waals surface area contributed by atoms with Crippen LogP contribution in [0.4, 0.5) is 0 Å². The third-order valence-electron chi connectivity index (χ3n) is 3.22. The van der Waals surface area contributed by atoms with Gasteiger partial charge in [-0.05, 0) is 17.5 Å². The normalized spacial score (nSPS) is 26.1. The number of nitrogens with zero attached hydrogens (tertiary/aromatic N) is 1. The molecule has 1 aromatic heterocycles. The second-order valence-electron chi connectivity index (χ2n) is 4.68. The van der Waals surface area contributed by atoms with Gasteiger partial charge in [-0.3, -0.25) is 19.7 Å². The molecule has 2 N–H and O–H groups in total. The molecule has 1 aliphatic carbocycles. The molecule has 0 unspecified atom stereocenters. The van der Waals surface area contributed by atoms with E-state index in [0.717, 1.165) is 0 Å². The number of carboxylic acids is 1. The lowest BCUT2D eigenvalue weighted by Crippen LogP contribution is -2.25. The lowest BCUT2D eigenvalue weighted by molar-refractivity contribution is -0.140. The Morgan fingerprint density at radius 3 is 2.25 bits per heavy atom. The van der Waals surface area contributed by atoms with E-state index in [9.17, 15) is 9.59 Å². The fourth-order valence-corrected chi connectivity index (χ4v) is 2.19. The third kappa shape index (κ3) is 1.58. The summed E-state index contributed by atoms with van der Waals surface area (Å²) in [6.07, 6.45) is 3.39. The van der Waals surface area contributed by atoms with Gasteiger partial charge in [-0.1, -0.05) is 13.8 Å². The molecule has 1 heterocycles. The van der Waals surface area contributed by atoms with Gasteiger partial charge in [0.05, 0.1) is 11.8 Å². The molecule has 1 amide bonds. The maximum Gasteiger partial charge on any atom is 0.307 e. The average molecular weight is 222 g/mol. The Morgan fingerprint density at radius 1 is 1.25 bits per heavy atom. The largest absolute Gasteiger partial charge is 0.481 e. The first kappa shape index (κ1) is 10.7. The second-order valence-corrected chi connectivity index (χ2v) is 4.68. The van der Waals surface area contributed by atoms with Crippen LogP contribution < -0.4 is 5.43 Å². The van der Waals surface area contributed by atoms with Gasteiger partial charge in [0.1, 0.15) is 0 Å². The molecule has 1 fully saturated rings. The van der Waals surface area contributed by atoms with Crippen molar-refractivity contribution >= 4 is 11.9 Å². The zero-order valence-electron chi connectivity index (χ0n) is 9.18. The number of hydrogen-bond acceptors (Lipinski definition) is 2. The van der Waals surface area contributed by atoms with Crippen molar-refractivity contribution in [3.05, 3.63) is 24.5 Å². The van der Waals surface area contributed by atoms with Crippen LogP contribution in [0.25, 0.3) is 0 Å². The number of nitrogens with one attached hydrogen (secondary N) is 1. The molecule has 86 valence electrons. The average Bonchev–Trinajstić information content (AvgIpc) is 2.58. The molecule has 0 radical (unpaired) electrons. The summed E-state index contributed by atoms with van der Waals surface area (Å²) in [5.74, 6) is -2.18. The number of aliphatic carboxylic acids is 1. The van der Waals surface area contributed by atoms with Crippen LogP contribution in [0.5, 0.6) is 0 Å². The fourth-order valence-electron chi connectivity index (χ4n) is 2.19. The molecule has 2 rings (SSSR count). The van der Waals surface area contributed by atoms with Crippen molar-refractivity contribution in [1.29, 1.82) is 0 Å². The highest BCUT2D eigenvalue weighted by Gasteiger charge is 2.66. The van der Waals surface area contributed by atoms with Gasteiger partial charge in [-0.15, -0.1) is 0 Å². The Balaban J connectivity index is 2.05. The SMILES string of the molecule is CC1(C)[C@H](C(=O)O)[C@@H]1C(=O)Nn1cccc1. The number of aromatic nitrogens is 1. The predicted octanol–water partition coefficient (Wildman–Crippen LogP) is 0.915. The van der Waals surface area contributed by atoms with Crippen molar-refractivity contribution in [2.45, 2.75) is 13.8 Å². The molecule has 16 heavy (non-hydrogen) atoms.